The fourth-order valence-corrected chi connectivity index (χ4v) is 2.48. The Morgan fingerprint density at radius 2 is 0.789 bits per heavy atom. The summed E-state index contributed by atoms with van der Waals surface area (Å²) < 4.78 is 0. The third-order valence-electron chi connectivity index (χ3n) is 3.87. The minimum absolute atomic E-state index is 1.29. The Balaban J connectivity index is 2.97. The van der Waals surface area contributed by atoms with Crippen LogP contribution in [-0.4, -0.2) is 0 Å². The van der Waals surface area contributed by atoms with E-state index in [4.69, 9.17) is 0 Å². The first kappa shape index (κ1) is 18.7. The number of hydrogen-bond donors (Lipinski definition) is 0. The summed E-state index contributed by atoms with van der Waals surface area (Å²) in [5.74, 6) is 0. The number of hydrogen-bond acceptors (Lipinski definition) is 0. The van der Waals surface area contributed by atoms with Crippen molar-refractivity contribution in [2.24, 2.45) is 0 Å². The smallest absolute Gasteiger partial charge is 0.0351 e. The quantitative estimate of drug-likeness (QED) is 0.213. The topological polar surface area (TPSA) is 0 Å². The lowest BCUT2D eigenvalue weighted by atomic mass is 10.1. The summed E-state index contributed by atoms with van der Waals surface area (Å²) >= 11 is 0. The summed E-state index contributed by atoms with van der Waals surface area (Å²) in [6.45, 7) is 4.55. The molecule has 0 radical (unpaired) electrons. The van der Waals surface area contributed by atoms with Gasteiger partial charge in [-0.2, -0.15) is 0 Å². The normalized spacial score (nSPS) is 11.5. The monoisotopic (exact) mass is 266 g/mol. The largest absolute Gasteiger partial charge is 0.0885 e. The molecule has 0 bridgehead atoms. The average molecular weight is 267 g/mol. The van der Waals surface area contributed by atoms with Crippen LogP contribution in [-0.2, 0) is 0 Å². The highest BCUT2D eigenvalue weighted by atomic mass is 14.0. The van der Waals surface area contributed by atoms with Crippen molar-refractivity contribution in [2.45, 2.75) is 110 Å². The van der Waals surface area contributed by atoms with E-state index >= 15 is 0 Å². The fourth-order valence-electron chi connectivity index (χ4n) is 2.48. The number of unbranched alkanes of at least 4 members (excludes halogenated alkanes) is 13. The maximum Gasteiger partial charge on any atom is -0.0351 e. The van der Waals surface area contributed by atoms with Gasteiger partial charge in [-0.3, -0.25) is 0 Å². The molecule has 0 saturated carbocycles. The van der Waals surface area contributed by atoms with Crippen LogP contribution in [0.3, 0.4) is 0 Å². The summed E-state index contributed by atoms with van der Waals surface area (Å²) in [6.07, 6.45) is 25.9. The lowest BCUT2D eigenvalue weighted by molar-refractivity contribution is 0.550. The van der Waals surface area contributed by atoms with Crippen molar-refractivity contribution in [2.75, 3.05) is 0 Å². The molecule has 0 unspecified atom stereocenters. The second-order valence-electron chi connectivity index (χ2n) is 5.94. The molecule has 0 fully saturated rings. The van der Waals surface area contributed by atoms with Crippen molar-refractivity contribution in [1.29, 1.82) is 0 Å². The molecule has 0 heteroatoms. The van der Waals surface area contributed by atoms with Gasteiger partial charge in [-0.05, 0) is 19.3 Å². The number of rotatable bonds is 15. The van der Waals surface area contributed by atoms with Gasteiger partial charge in [0.25, 0.3) is 0 Å². The third-order valence-corrected chi connectivity index (χ3v) is 3.87. The molecule has 0 aliphatic rings. The minimum Gasteiger partial charge on any atom is -0.0885 e. The lowest BCUT2D eigenvalue weighted by Gasteiger charge is -2.01. The van der Waals surface area contributed by atoms with E-state index in [9.17, 15) is 0 Å². The van der Waals surface area contributed by atoms with Crippen molar-refractivity contribution in [3.8, 4) is 0 Å². The summed E-state index contributed by atoms with van der Waals surface area (Å²) in [5, 5.41) is 0. The van der Waals surface area contributed by atoms with E-state index < -0.39 is 0 Å². The predicted octanol–water partition coefficient (Wildman–Crippen LogP) is 7.43. The molecule has 0 spiro atoms. The van der Waals surface area contributed by atoms with Gasteiger partial charge in [0.1, 0.15) is 0 Å². The van der Waals surface area contributed by atoms with E-state index in [2.05, 4.69) is 26.0 Å². The molecule has 114 valence electrons. The van der Waals surface area contributed by atoms with Gasteiger partial charge < -0.3 is 0 Å². The average Bonchev–Trinajstić information content (AvgIpc) is 2.43. The Hall–Kier alpha value is -0.260. The maximum absolute atomic E-state index is 2.39. The Labute approximate surface area is 123 Å². The standard InChI is InChI=1S/C19H38/c1-3-5-7-9-11-13-15-17-19-18-16-14-12-10-8-6-4-2/h9,11H,3-8,10,12-19H2,1-2H3. The summed E-state index contributed by atoms with van der Waals surface area (Å²) in [4.78, 5) is 0. The molecule has 0 aromatic rings. The van der Waals surface area contributed by atoms with Gasteiger partial charge in [0, 0.05) is 0 Å². The molecular formula is C19H38. The molecule has 0 amide bonds. The van der Waals surface area contributed by atoms with Gasteiger partial charge in [0.05, 0.1) is 0 Å². The zero-order valence-electron chi connectivity index (χ0n) is 13.8. The first-order valence-electron chi connectivity index (χ1n) is 9.06. The van der Waals surface area contributed by atoms with E-state index in [0.29, 0.717) is 0 Å². The molecule has 0 aromatic carbocycles. The van der Waals surface area contributed by atoms with Crippen LogP contribution in [0.15, 0.2) is 12.2 Å². The van der Waals surface area contributed by atoms with Gasteiger partial charge in [0.2, 0.25) is 0 Å². The van der Waals surface area contributed by atoms with Gasteiger partial charge in [-0.15, -0.1) is 0 Å². The number of allylic oxidation sites excluding steroid dienone is 2. The molecule has 0 N–H and O–H groups in total. The van der Waals surface area contributed by atoms with E-state index in [1.807, 2.05) is 0 Å². The van der Waals surface area contributed by atoms with Gasteiger partial charge in [-0.25, -0.2) is 0 Å². The molecule has 19 heavy (non-hydrogen) atoms. The van der Waals surface area contributed by atoms with Gasteiger partial charge in [0.15, 0.2) is 0 Å². The third kappa shape index (κ3) is 17.7. The predicted molar refractivity (Wildman–Crippen MR) is 89.7 cm³/mol. The minimum atomic E-state index is 1.29. The van der Waals surface area contributed by atoms with Crippen LogP contribution in [0.1, 0.15) is 110 Å². The molecular weight excluding hydrogens is 228 g/mol. The van der Waals surface area contributed by atoms with E-state index in [0.717, 1.165) is 0 Å². The zero-order chi connectivity index (χ0) is 14.0. The van der Waals surface area contributed by atoms with Crippen molar-refractivity contribution in [3.05, 3.63) is 12.2 Å². The molecule has 0 aliphatic carbocycles. The lowest BCUT2D eigenvalue weighted by Crippen LogP contribution is -1.82. The van der Waals surface area contributed by atoms with E-state index in [-0.39, 0.29) is 0 Å². The van der Waals surface area contributed by atoms with Crippen molar-refractivity contribution in [3.63, 3.8) is 0 Å². The highest BCUT2D eigenvalue weighted by Gasteiger charge is 1.92. The van der Waals surface area contributed by atoms with Crippen LogP contribution >= 0.6 is 0 Å². The van der Waals surface area contributed by atoms with Crippen LogP contribution < -0.4 is 0 Å². The first-order valence-corrected chi connectivity index (χ1v) is 9.06. The zero-order valence-corrected chi connectivity index (χ0v) is 13.8. The van der Waals surface area contributed by atoms with Gasteiger partial charge in [-0.1, -0.05) is 103 Å². The van der Waals surface area contributed by atoms with Crippen LogP contribution in [0, 0.1) is 0 Å². The molecule has 0 rings (SSSR count). The van der Waals surface area contributed by atoms with Crippen molar-refractivity contribution < 1.29 is 0 Å². The molecule has 0 aliphatic heterocycles. The van der Waals surface area contributed by atoms with Crippen LogP contribution in [0.5, 0.6) is 0 Å². The second-order valence-corrected chi connectivity index (χ2v) is 5.94. The van der Waals surface area contributed by atoms with Crippen molar-refractivity contribution in [1.82, 2.24) is 0 Å². The molecule has 0 atom stereocenters. The maximum atomic E-state index is 2.39. The summed E-state index contributed by atoms with van der Waals surface area (Å²) in [5.41, 5.74) is 0. The highest BCUT2D eigenvalue weighted by molar-refractivity contribution is 4.81. The van der Waals surface area contributed by atoms with Crippen LogP contribution in [0.2, 0.25) is 0 Å². The SMILES string of the molecule is CCCCC=CCCCCCCCCCCCCC. The Bertz CT molecular complexity index is 169. The molecule has 0 heterocycles. The summed E-state index contributed by atoms with van der Waals surface area (Å²) in [7, 11) is 0. The molecule has 0 saturated heterocycles. The Morgan fingerprint density at radius 1 is 0.421 bits per heavy atom. The second kappa shape index (κ2) is 17.7. The molecule has 0 aromatic heterocycles. The van der Waals surface area contributed by atoms with Crippen LogP contribution in [0.25, 0.3) is 0 Å². The fraction of sp³-hybridized carbons (Fsp3) is 0.895. The molecule has 0 nitrogen and oxygen atoms in total. The Kier molecular flexibility index (Phi) is 17.5. The van der Waals surface area contributed by atoms with Crippen LogP contribution in [0.4, 0.5) is 0 Å². The van der Waals surface area contributed by atoms with Crippen molar-refractivity contribution >= 4 is 0 Å². The first-order chi connectivity index (χ1) is 9.41. The summed E-state index contributed by atoms with van der Waals surface area (Å²) in [6, 6.07) is 0. The van der Waals surface area contributed by atoms with E-state index in [1.54, 1.807) is 0 Å². The highest BCUT2D eigenvalue weighted by Crippen LogP contribution is 2.12. The van der Waals surface area contributed by atoms with E-state index in [1.165, 1.54) is 96.3 Å². The Morgan fingerprint density at radius 3 is 1.26 bits per heavy atom. The van der Waals surface area contributed by atoms with Gasteiger partial charge >= 0.3 is 0 Å².